The van der Waals surface area contributed by atoms with Gasteiger partial charge in [0.05, 0.1) is 6.04 Å². The summed E-state index contributed by atoms with van der Waals surface area (Å²) in [7, 11) is 0. The van der Waals surface area contributed by atoms with Gasteiger partial charge >= 0.3 is 0 Å². The van der Waals surface area contributed by atoms with E-state index in [9.17, 15) is 0 Å². The maximum atomic E-state index is 5.87. The van der Waals surface area contributed by atoms with Gasteiger partial charge in [0.2, 0.25) is 0 Å². The lowest BCUT2D eigenvalue weighted by Gasteiger charge is -2.21. The van der Waals surface area contributed by atoms with Gasteiger partial charge in [-0.2, -0.15) is 0 Å². The van der Waals surface area contributed by atoms with E-state index in [-0.39, 0.29) is 6.04 Å². The minimum Gasteiger partial charge on any atom is -0.453 e. The van der Waals surface area contributed by atoms with Gasteiger partial charge in [0, 0.05) is 18.5 Å². The first-order valence-corrected chi connectivity index (χ1v) is 6.48. The maximum absolute atomic E-state index is 5.87. The van der Waals surface area contributed by atoms with Crippen LogP contribution in [0, 0.1) is 0 Å². The molecule has 0 spiro atoms. The molecule has 2 aromatic heterocycles. The van der Waals surface area contributed by atoms with Crippen molar-refractivity contribution in [3.63, 3.8) is 0 Å². The minimum absolute atomic E-state index is 0.236. The smallest absolute Gasteiger partial charge is 0.199 e. The number of aromatic nitrogens is 3. The largest absolute Gasteiger partial charge is 0.453 e. The highest BCUT2D eigenvalue weighted by molar-refractivity contribution is 5.81. The van der Waals surface area contributed by atoms with Gasteiger partial charge in [-0.25, -0.2) is 0 Å². The van der Waals surface area contributed by atoms with Crippen molar-refractivity contribution >= 4 is 11.0 Å². The monoisotopic (exact) mass is 254 g/mol. The molecule has 0 amide bonds. The molecule has 1 aliphatic heterocycles. The SMILES string of the molecule is CC1NCCn2c(-c3cc4ccccc4o3)nnc21. The number of fused-ring (bicyclic) bond motifs is 2. The zero-order valence-corrected chi connectivity index (χ0v) is 10.6. The van der Waals surface area contributed by atoms with Crippen molar-refractivity contribution in [2.24, 2.45) is 0 Å². The van der Waals surface area contributed by atoms with Crippen molar-refractivity contribution in [3.05, 3.63) is 36.2 Å². The summed E-state index contributed by atoms with van der Waals surface area (Å²) in [5, 5.41) is 13.0. The third-order valence-electron chi connectivity index (χ3n) is 3.60. The van der Waals surface area contributed by atoms with E-state index in [4.69, 9.17) is 4.42 Å². The van der Waals surface area contributed by atoms with Crippen LogP contribution in [0.3, 0.4) is 0 Å². The third-order valence-corrected chi connectivity index (χ3v) is 3.60. The number of hydrogen-bond donors (Lipinski definition) is 1. The van der Waals surface area contributed by atoms with E-state index in [1.54, 1.807) is 0 Å². The first-order valence-electron chi connectivity index (χ1n) is 6.48. The molecule has 0 saturated heterocycles. The normalized spacial score (nSPS) is 18.7. The molecule has 0 bridgehead atoms. The molecule has 4 rings (SSSR count). The van der Waals surface area contributed by atoms with E-state index < -0.39 is 0 Å². The lowest BCUT2D eigenvalue weighted by atomic mass is 10.2. The topological polar surface area (TPSA) is 55.9 Å². The van der Waals surface area contributed by atoms with Crippen molar-refractivity contribution < 1.29 is 4.42 Å². The van der Waals surface area contributed by atoms with E-state index in [2.05, 4.69) is 27.0 Å². The molecule has 3 heterocycles. The fraction of sp³-hybridized carbons (Fsp3) is 0.286. The quantitative estimate of drug-likeness (QED) is 0.724. The molecule has 0 fully saturated rings. The molecule has 0 aliphatic carbocycles. The van der Waals surface area contributed by atoms with Crippen LogP contribution >= 0.6 is 0 Å². The number of benzene rings is 1. The summed E-state index contributed by atoms with van der Waals surface area (Å²) < 4.78 is 8.01. The molecule has 0 saturated carbocycles. The Balaban J connectivity index is 1.88. The Morgan fingerprint density at radius 2 is 2.21 bits per heavy atom. The van der Waals surface area contributed by atoms with Gasteiger partial charge in [-0.05, 0) is 19.1 Å². The second-order valence-corrected chi connectivity index (χ2v) is 4.86. The van der Waals surface area contributed by atoms with E-state index in [0.29, 0.717) is 0 Å². The molecule has 19 heavy (non-hydrogen) atoms. The van der Waals surface area contributed by atoms with Gasteiger partial charge < -0.3 is 14.3 Å². The number of hydrogen-bond acceptors (Lipinski definition) is 4. The second kappa shape index (κ2) is 3.93. The van der Waals surface area contributed by atoms with E-state index >= 15 is 0 Å². The average molecular weight is 254 g/mol. The van der Waals surface area contributed by atoms with E-state index in [0.717, 1.165) is 41.5 Å². The summed E-state index contributed by atoms with van der Waals surface area (Å²) in [6.45, 7) is 3.90. The minimum atomic E-state index is 0.236. The van der Waals surface area contributed by atoms with Crippen LogP contribution in [0.25, 0.3) is 22.6 Å². The Labute approximate surface area is 110 Å². The van der Waals surface area contributed by atoms with Crippen LogP contribution in [0.2, 0.25) is 0 Å². The predicted molar refractivity (Wildman–Crippen MR) is 71.6 cm³/mol. The van der Waals surface area contributed by atoms with Crippen LogP contribution < -0.4 is 5.32 Å². The first-order chi connectivity index (χ1) is 9.33. The van der Waals surface area contributed by atoms with Gasteiger partial charge in [-0.1, -0.05) is 18.2 Å². The van der Waals surface area contributed by atoms with Crippen LogP contribution in [0.5, 0.6) is 0 Å². The second-order valence-electron chi connectivity index (χ2n) is 4.86. The van der Waals surface area contributed by atoms with Crippen molar-refractivity contribution in [1.82, 2.24) is 20.1 Å². The molecule has 1 aromatic carbocycles. The highest BCUT2D eigenvalue weighted by Gasteiger charge is 2.23. The van der Waals surface area contributed by atoms with Gasteiger partial charge in [0.25, 0.3) is 0 Å². The standard InChI is InChI=1S/C14H14N4O/c1-9-13-16-17-14(18(13)7-6-15-9)12-8-10-4-2-3-5-11(10)19-12/h2-5,8-9,15H,6-7H2,1H3. The number of rotatable bonds is 1. The lowest BCUT2D eigenvalue weighted by Crippen LogP contribution is -2.32. The highest BCUT2D eigenvalue weighted by atomic mass is 16.3. The molecule has 1 aliphatic rings. The van der Waals surface area contributed by atoms with E-state index in [1.165, 1.54) is 0 Å². The Hall–Kier alpha value is -2.14. The molecular weight excluding hydrogens is 240 g/mol. The van der Waals surface area contributed by atoms with Crippen LogP contribution in [0.4, 0.5) is 0 Å². The predicted octanol–water partition coefficient (Wildman–Crippen LogP) is 2.36. The summed E-state index contributed by atoms with van der Waals surface area (Å²) in [5.41, 5.74) is 0.886. The van der Waals surface area contributed by atoms with Crippen molar-refractivity contribution in [2.75, 3.05) is 6.54 Å². The number of nitrogens with one attached hydrogen (secondary N) is 1. The zero-order valence-electron chi connectivity index (χ0n) is 10.6. The maximum Gasteiger partial charge on any atom is 0.199 e. The molecule has 0 radical (unpaired) electrons. The fourth-order valence-electron chi connectivity index (χ4n) is 2.61. The molecule has 1 N–H and O–H groups in total. The molecular formula is C14H14N4O. The first kappa shape index (κ1) is 10.8. The van der Waals surface area contributed by atoms with Gasteiger partial charge in [-0.15, -0.1) is 10.2 Å². The van der Waals surface area contributed by atoms with Crippen LogP contribution in [0.15, 0.2) is 34.7 Å². The van der Waals surface area contributed by atoms with Crippen LogP contribution in [-0.4, -0.2) is 21.3 Å². The van der Waals surface area contributed by atoms with E-state index in [1.807, 2.05) is 30.3 Å². The fourth-order valence-corrected chi connectivity index (χ4v) is 2.61. The summed E-state index contributed by atoms with van der Waals surface area (Å²) in [6, 6.07) is 10.3. The van der Waals surface area contributed by atoms with Gasteiger partial charge in [0.15, 0.2) is 11.6 Å². The van der Waals surface area contributed by atoms with Crippen molar-refractivity contribution in [1.29, 1.82) is 0 Å². The molecule has 96 valence electrons. The van der Waals surface area contributed by atoms with Gasteiger partial charge in [-0.3, -0.25) is 0 Å². The highest BCUT2D eigenvalue weighted by Crippen LogP contribution is 2.28. The summed E-state index contributed by atoms with van der Waals surface area (Å²) in [6.07, 6.45) is 0. The Kier molecular flexibility index (Phi) is 2.22. The Bertz CT molecular complexity index is 710. The summed E-state index contributed by atoms with van der Waals surface area (Å²) in [5.74, 6) is 2.58. The van der Waals surface area contributed by atoms with Crippen LogP contribution in [-0.2, 0) is 6.54 Å². The number of furan rings is 1. The Morgan fingerprint density at radius 3 is 3.11 bits per heavy atom. The van der Waals surface area contributed by atoms with Crippen LogP contribution in [0.1, 0.15) is 18.8 Å². The molecule has 5 heteroatoms. The third kappa shape index (κ3) is 1.58. The summed E-state index contributed by atoms with van der Waals surface area (Å²) >= 11 is 0. The Morgan fingerprint density at radius 1 is 1.32 bits per heavy atom. The van der Waals surface area contributed by atoms with Crippen molar-refractivity contribution in [3.8, 4) is 11.6 Å². The molecule has 1 unspecified atom stereocenters. The lowest BCUT2D eigenvalue weighted by molar-refractivity contribution is 0.437. The molecule has 5 nitrogen and oxygen atoms in total. The van der Waals surface area contributed by atoms with Crippen molar-refractivity contribution in [2.45, 2.75) is 19.5 Å². The summed E-state index contributed by atoms with van der Waals surface area (Å²) in [4.78, 5) is 0. The zero-order chi connectivity index (χ0) is 12.8. The number of nitrogens with zero attached hydrogens (tertiary/aromatic N) is 3. The number of para-hydroxylation sites is 1. The average Bonchev–Trinajstić information content (AvgIpc) is 3.02. The van der Waals surface area contributed by atoms with Gasteiger partial charge in [0.1, 0.15) is 11.4 Å². The molecule has 1 atom stereocenters. The molecule has 3 aromatic rings.